The second-order valence-corrected chi connectivity index (χ2v) is 2.54. The van der Waals surface area contributed by atoms with Crippen LogP contribution < -0.4 is 5.73 Å². The molecule has 0 radical (unpaired) electrons. The Morgan fingerprint density at radius 1 is 1.88 bits per heavy atom. The fraction of sp³-hybridized carbons (Fsp3) is 0.400. The lowest BCUT2D eigenvalue weighted by Gasteiger charge is -1.99. The van der Waals surface area contributed by atoms with Gasteiger partial charge in [-0.1, -0.05) is 28.7 Å². The molecule has 1 aliphatic heterocycles. The highest BCUT2D eigenvalue weighted by atomic mass is 127. The molecule has 0 saturated heterocycles. The summed E-state index contributed by atoms with van der Waals surface area (Å²) in [6.45, 7) is 0. The third kappa shape index (κ3) is 1.02. The zero-order valence-corrected chi connectivity index (χ0v) is 6.50. The fourth-order valence-electron chi connectivity index (χ4n) is 0.558. The van der Waals surface area contributed by atoms with Gasteiger partial charge in [0.2, 0.25) is 0 Å². The van der Waals surface area contributed by atoms with Crippen LogP contribution in [0.25, 0.3) is 0 Å². The molecule has 2 nitrogen and oxygen atoms in total. The van der Waals surface area contributed by atoms with Gasteiger partial charge in [0.15, 0.2) is 0 Å². The van der Waals surface area contributed by atoms with E-state index < -0.39 is 0 Å². The van der Waals surface area contributed by atoms with Gasteiger partial charge in [0, 0.05) is 16.5 Å². The van der Waals surface area contributed by atoms with Crippen molar-refractivity contribution in [2.24, 2.45) is 16.6 Å². The Bertz CT molecular complexity index is 139. The van der Waals surface area contributed by atoms with Crippen LogP contribution in [0, 0.1) is 5.92 Å². The predicted molar refractivity (Wildman–Crippen MR) is 43.1 cm³/mol. The van der Waals surface area contributed by atoms with Crippen LogP contribution in [-0.2, 0) is 0 Å². The van der Waals surface area contributed by atoms with Gasteiger partial charge in [-0.05, 0) is 0 Å². The third-order valence-electron chi connectivity index (χ3n) is 1.09. The number of hydrogen-bond acceptors (Lipinski definition) is 2. The van der Waals surface area contributed by atoms with Crippen molar-refractivity contribution in [3.05, 3.63) is 12.3 Å². The van der Waals surface area contributed by atoms with Crippen molar-refractivity contribution in [3.8, 4) is 0 Å². The minimum absolute atomic E-state index is 0.399. The summed E-state index contributed by atoms with van der Waals surface area (Å²) in [5, 5.41) is 0. The lowest BCUT2D eigenvalue weighted by molar-refractivity contribution is 1.05. The first-order chi connectivity index (χ1) is 3.84. The average Bonchev–Trinajstić information content (AvgIpc) is 2.14. The molecule has 0 aromatic rings. The molecule has 0 aromatic heterocycles. The van der Waals surface area contributed by atoms with E-state index in [1.54, 1.807) is 6.20 Å². The first-order valence-corrected chi connectivity index (χ1v) is 3.93. The number of alkyl halides is 1. The molecule has 3 heteroatoms. The molecule has 0 spiro atoms. The van der Waals surface area contributed by atoms with Crippen LogP contribution >= 0.6 is 22.6 Å². The Balaban J connectivity index is 2.58. The summed E-state index contributed by atoms with van der Waals surface area (Å²) in [5.74, 6) is 1.15. The van der Waals surface area contributed by atoms with E-state index in [2.05, 4.69) is 27.6 Å². The van der Waals surface area contributed by atoms with E-state index in [1.807, 2.05) is 6.08 Å². The highest BCUT2D eigenvalue weighted by Gasteiger charge is 2.09. The van der Waals surface area contributed by atoms with Crippen LogP contribution in [-0.4, -0.2) is 10.3 Å². The van der Waals surface area contributed by atoms with Crippen LogP contribution in [0.2, 0.25) is 0 Å². The van der Waals surface area contributed by atoms with Crippen LogP contribution in [0.5, 0.6) is 0 Å². The van der Waals surface area contributed by atoms with E-state index in [-0.39, 0.29) is 0 Å². The summed E-state index contributed by atoms with van der Waals surface area (Å²) < 4.78 is 1.03. The standard InChI is InChI=1S/C5H7IN2/c6-3-4-1-2-8-5(4)7/h1-2,4H,3H2,(H2,7,8). The summed E-state index contributed by atoms with van der Waals surface area (Å²) in [7, 11) is 0. The molecule has 0 aliphatic carbocycles. The predicted octanol–water partition coefficient (Wildman–Crippen LogP) is 0.922. The maximum Gasteiger partial charge on any atom is 0.107 e. The van der Waals surface area contributed by atoms with Crippen molar-refractivity contribution in [2.45, 2.75) is 0 Å². The van der Waals surface area contributed by atoms with Crippen LogP contribution in [0.4, 0.5) is 0 Å². The largest absolute Gasteiger partial charge is 0.387 e. The molecule has 0 saturated carbocycles. The van der Waals surface area contributed by atoms with Gasteiger partial charge >= 0.3 is 0 Å². The molecule has 2 N–H and O–H groups in total. The summed E-state index contributed by atoms with van der Waals surface area (Å²) in [6.07, 6.45) is 3.78. The minimum atomic E-state index is 0.399. The van der Waals surface area contributed by atoms with Gasteiger partial charge in [0.1, 0.15) is 5.84 Å². The smallest absolute Gasteiger partial charge is 0.107 e. The van der Waals surface area contributed by atoms with E-state index >= 15 is 0 Å². The van der Waals surface area contributed by atoms with Crippen LogP contribution in [0.1, 0.15) is 0 Å². The Morgan fingerprint density at radius 2 is 2.62 bits per heavy atom. The first kappa shape index (κ1) is 6.07. The Labute approximate surface area is 62.0 Å². The third-order valence-corrected chi connectivity index (χ3v) is 2.04. The molecule has 1 aliphatic rings. The van der Waals surface area contributed by atoms with Gasteiger partial charge in [-0.2, -0.15) is 0 Å². The number of nitrogens with two attached hydrogens (primary N) is 1. The van der Waals surface area contributed by atoms with Gasteiger partial charge in [0.25, 0.3) is 0 Å². The van der Waals surface area contributed by atoms with E-state index in [9.17, 15) is 0 Å². The monoisotopic (exact) mass is 222 g/mol. The number of halogens is 1. The highest BCUT2D eigenvalue weighted by molar-refractivity contribution is 14.1. The van der Waals surface area contributed by atoms with Crippen LogP contribution in [0.15, 0.2) is 17.3 Å². The molecular weight excluding hydrogens is 215 g/mol. The second-order valence-electron chi connectivity index (χ2n) is 1.66. The molecule has 1 atom stereocenters. The van der Waals surface area contributed by atoms with Gasteiger partial charge in [-0.15, -0.1) is 0 Å². The SMILES string of the molecule is NC1=NC=CC1CI. The van der Waals surface area contributed by atoms with Crippen molar-refractivity contribution in [1.82, 2.24) is 0 Å². The van der Waals surface area contributed by atoms with E-state index in [1.165, 1.54) is 0 Å². The van der Waals surface area contributed by atoms with Gasteiger partial charge in [-0.3, -0.25) is 0 Å². The fourth-order valence-corrected chi connectivity index (χ4v) is 1.30. The van der Waals surface area contributed by atoms with Gasteiger partial charge in [0.05, 0.1) is 0 Å². The first-order valence-electron chi connectivity index (χ1n) is 2.40. The van der Waals surface area contributed by atoms with Crippen molar-refractivity contribution in [1.29, 1.82) is 0 Å². The molecular formula is C5H7IN2. The Morgan fingerprint density at radius 3 is 2.88 bits per heavy atom. The highest BCUT2D eigenvalue weighted by Crippen LogP contribution is 2.09. The maximum atomic E-state index is 5.47. The molecule has 0 bridgehead atoms. The minimum Gasteiger partial charge on any atom is -0.387 e. The van der Waals surface area contributed by atoms with Crippen molar-refractivity contribution in [2.75, 3.05) is 4.43 Å². The molecule has 0 fully saturated rings. The quantitative estimate of drug-likeness (QED) is 0.520. The summed E-state index contributed by atoms with van der Waals surface area (Å²) in [5.41, 5.74) is 5.47. The van der Waals surface area contributed by atoms with E-state index in [0.717, 1.165) is 10.3 Å². The lowest BCUT2D eigenvalue weighted by Crippen LogP contribution is -2.19. The van der Waals surface area contributed by atoms with Crippen molar-refractivity contribution < 1.29 is 0 Å². The van der Waals surface area contributed by atoms with Crippen molar-refractivity contribution >= 4 is 28.4 Å². The number of nitrogens with zero attached hydrogens (tertiary/aromatic N) is 1. The molecule has 0 amide bonds. The molecule has 8 heavy (non-hydrogen) atoms. The summed E-state index contributed by atoms with van der Waals surface area (Å²) in [4.78, 5) is 3.90. The molecule has 1 heterocycles. The topological polar surface area (TPSA) is 38.4 Å². The lowest BCUT2D eigenvalue weighted by atomic mass is 10.2. The van der Waals surface area contributed by atoms with Crippen LogP contribution in [0.3, 0.4) is 0 Å². The summed E-state index contributed by atoms with van der Waals surface area (Å²) >= 11 is 2.29. The Kier molecular flexibility index (Phi) is 1.88. The van der Waals surface area contributed by atoms with E-state index in [0.29, 0.717) is 5.92 Å². The second kappa shape index (κ2) is 2.48. The van der Waals surface area contributed by atoms with Crippen molar-refractivity contribution in [3.63, 3.8) is 0 Å². The maximum absolute atomic E-state index is 5.47. The number of rotatable bonds is 1. The summed E-state index contributed by atoms with van der Waals surface area (Å²) in [6, 6.07) is 0. The zero-order valence-electron chi connectivity index (χ0n) is 4.34. The number of amidine groups is 1. The number of aliphatic imine (C=N–C) groups is 1. The number of hydrogen-bond donors (Lipinski definition) is 1. The van der Waals surface area contributed by atoms with E-state index in [4.69, 9.17) is 5.73 Å². The zero-order chi connectivity index (χ0) is 5.98. The Hall–Kier alpha value is -0.0600. The average molecular weight is 222 g/mol. The van der Waals surface area contributed by atoms with Gasteiger partial charge in [-0.25, -0.2) is 4.99 Å². The molecule has 1 rings (SSSR count). The normalized spacial score (nSPS) is 26.1. The molecule has 1 unspecified atom stereocenters. The van der Waals surface area contributed by atoms with Gasteiger partial charge < -0.3 is 5.73 Å². The molecule has 0 aromatic carbocycles. The molecule has 44 valence electrons.